The van der Waals surface area contributed by atoms with Crippen LogP contribution < -0.4 is 19.5 Å². The summed E-state index contributed by atoms with van der Waals surface area (Å²) < 4.78 is 16.1. The molecule has 1 aromatic carbocycles. The zero-order valence-corrected chi connectivity index (χ0v) is 14.8. The fourth-order valence-electron chi connectivity index (χ4n) is 2.78. The number of rotatable bonds is 5. The van der Waals surface area contributed by atoms with Crippen molar-refractivity contribution in [2.75, 3.05) is 32.6 Å². The van der Waals surface area contributed by atoms with Crippen LogP contribution in [-0.2, 0) is 0 Å². The topological polar surface area (TPSA) is 85.8 Å². The van der Waals surface area contributed by atoms with Gasteiger partial charge in [0.15, 0.2) is 0 Å². The molecule has 1 aromatic heterocycles. The third kappa shape index (κ3) is 4.33. The number of carbonyl (C=O) groups is 1. The van der Waals surface area contributed by atoms with E-state index < -0.39 is 0 Å². The molecule has 0 bridgehead atoms. The maximum Gasteiger partial charge on any atom is 0.321 e. The zero-order valence-electron chi connectivity index (χ0n) is 14.8. The minimum Gasteiger partial charge on any atom is -0.495 e. The standard InChI is InChI=1S/C18H22N4O4/c1-24-15-6-4-3-5-14(15)20-18(23)22-11-8-13(9-12-22)26-16-7-10-19-17(21-16)25-2/h3-7,10,13H,8-9,11-12H2,1-2H3,(H,20,23). The smallest absolute Gasteiger partial charge is 0.321 e. The summed E-state index contributed by atoms with van der Waals surface area (Å²) in [6.45, 7) is 1.21. The Kier molecular flexibility index (Phi) is 5.73. The molecule has 1 fully saturated rings. The van der Waals surface area contributed by atoms with Gasteiger partial charge in [0, 0.05) is 38.2 Å². The number of nitrogens with one attached hydrogen (secondary N) is 1. The molecule has 0 unspecified atom stereocenters. The molecule has 0 aliphatic carbocycles. The summed E-state index contributed by atoms with van der Waals surface area (Å²) in [7, 11) is 3.09. The van der Waals surface area contributed by atoms with E-state index in [9.17, 15) is 4.79 Å². The van der Waals surface area contributed by atoms with Gasteiger partial charge in [-0.2, -0.15) is 4.98 Å². The number of carbonyl (C=O) groups excluding carboxylic acids is 1. The zero-order chi connectivity index (χ0) is 18.4. The first-order chi connectivity index (χ1) is 12.7. The second-order valence-corrected chi connectivity index (χ2v) is 5.82. The van der Waals surface area contributed by atoms with Crippen LogP contribution in [0.15, 0.2) is 36.5 Å². The van der Waals surface area contributed by atoms with E-state index in [2.05, 4.69) is 15.3 Å². The summed E-state index contributed by atoms with van der Waals surface area (Å²) in [5.74, 6) is 1.12. The number of urea groups is 1. The number of anilines is 1. The number of methoxy groups -OCH3 is 2. The van der Waals surface area contributed by atoms with Crippen molar-refractivity contribution in [3.05, 3.63) is 36.5 Å². The third-order valence-electron chi connectivity index (χ3n) is 4.16. The maximum atomic E-state index is 12.5. The Balaban J connectivity index is 1.52. The first-order valence-electron chi connectivity index (χ1n) is 8.42. The summed E-state index contributed by atoms with van der Waals surface area (Å²) in [5, 5.41) is 2.89. The number of aromatic nitrogens is 2. The monoisotopic (exact) mass is 358 g/mol. The molecule has 3 rings (SSSR count). The highest BCUT2D eigenvalue weighted by atomic mass is 16.5. The predicted octanol–water partition coefficient (Wildman–Crippen LogP) is 2.57. The van der Waals surface area contributed by atoms with Crippen LogP contribution in [0.5, 0.6) is 17.6 Å². The van der Waals surface area contributed by atoms with Crippen molar-refractivity contribution in [3.63, 3.8) is 0 Å². The summed E-state index contributed by atoms with van der Waals surface area (Å²) >= 11 is 0. The fourth-order valence-corrected chi connectivity index (χ4v) is 2.78. The Bertz CT molecular complexity index is 747. The van der Waals surface area contributed by atoms with Crippen molar-refractivity contribution in [1.82, 2.24) is 14.9 Å². The highest BCUT2D eigenvalue weighted by molar-refractivity contribution is 5.91. The molecule has 0 radical (unpaired) electrons. The maximum absolute atomic E-state index is 12.5. The number of ether oxygens (including phenoxy) is 3. The van der Waals surface area contributed by atoms with Crippen LogP contribution in [0, 0.1) is 0 Å². The van der Waals surface area contributed by atoms with Crippen molar-refractivity contribution < 1.29 is 19.0 Å². The summed E-state index contributed by atoms with van der Waals surface area (Å²) in [4.78, 5) is 22.3. The molecule has 0 saturated carbocycles. The highest BCUT2D eigenvalue weighted by Crippen LogP contribution is 2.24. The normalized spacial score (nSPS) is 14.6. The molecule has 8 heteroatoms. The van der Waals surface area contributed by atoms with E-state index in [1.807, 2.05) is 24.3 Å². The molecule has 1 saturated heterocycles. The van der Waals surface area contributed by atoms with Gasteiger partial charge in [-0.15, -0.1) is 0 Å². The lowest BCUT2D eigenvalue weighted by Crippen LogP contribution is -2.43. The van der Waals surface area contributed by atoms with Crippen LogP contribution in [0.4, 0.5) is 10.5 Å². The number of hydrogen-bond donors (Lipinski definition) is 1. The van der Waals surface area contributed by atoms with E-state index in [0.29, 0.717) is 30.4 Å². The Hall–Kier alpha value is -3.03. The van der Waals surface area contributed by atoms with E-state index in [0.717, 1.165) is 12.8 Å². The van der Waals surface area contributed by atoms with Gasteiger partial charge >= 0.3 is 12.0 Å². The molecule has 0 atom stereocenters. The van der Waals surface area contributed by atoms with E-state index in [1.165, 1.54) is 7.11 Å². The number of benzene rings is 1. The van der Waals surface area contributed by atoms with Gasteiger partial charge < -0.3 is 24.4 Å². The van der Waals surface area contributed by atoms with Crippen LogP contribution in [0.2, 0.25) is 0 Å². The van der Waals surface area contributed by atoms with Crippen molar-refractivity contribution in [3.8, 4) is 17.6 Å². The van der Waals surface area contributed by atoms with E-state index in [1.54, 1.807) is 24.3 Å². The number of hydrogen-bond acceptors (Lipinski definition) is 6. The summed E-state index contributed by atoms with van der Waals surface area (Å²) in [6, 6.07) is 9.17. The molecule has 1 aliphatic rings. The lowest BCUT2D eigenvalue weighted by Gasteiger charge is -2.32. The number of amides is 2. The highest BCUT2D eigenvalue weighted by Gasteiger charge is 2.25. The molecular weight excluding hydrogens is 336 g/mol. The lowest BCUT2D eigenvalue weighted by atomic mass is 10.1. The van der Waals surface area contributed by atoms with Crippen LogP contribution in [0.1, 0.15) is 12.8 Å². The minimum absolute atomic E-state index is 0.00455. The largest absolute Gasteiger partial charge is 0.495 e. The molecule has 2 amide bonds. The van der Waals surface area contributed by atoms with Gasteiger partial charge in [-0.05, 0) is 12.1 Å². The summed E-state index contributed by atoms with van der Waals surface area (Å²) in [5.41, 5.74) is 0.659. The Morgan fingerprint density at radius 3 is 2.65 bits per heavy atom. The Labute approximate surface area is 152 Å². The van der Waals surface area contributed by atoms with Crippen molar-refractivity contribution in [1.29, 1.82) is 0 Å². The third-order valence-corrected chi connectivity index (χ3v) is 4.16. The average molecular weight is 358 g/mol. The lowest BCUT2D eigenvalue weighted by molar-refractivity contribution is 0.110. The van der Waals surface area contributed by atoms with E-state index in [4.69, 9.17) is 14.2 Å². The number of likely N-dealkylation sites (tertiary alicyclic amines) is 1. The first kappa shape index (κ1) is 17.8. The quantitative estimate of drug-likeness (QED) is 0.884. The second kappa shape index (κ2) is 8.37. The molecule has 138 valence electrons. The number of nitrogens with zero attached hydrogens (tertiary/aromatic N) is 3. The van der Waals surface area contributed by atoms with Gasteiger partial charge in [-0.3, -0.25) is 0 Å². The molecular formula is C18H22N4O4. The molecule has 2 heterocycles. The van der Waals surface area contributed by atoms with Crippen LogP contribution in [0.3, 0.4) is 0 Å². The fraction of sp³-hybridized carbons (Fsp3) is 0.389. The van der Waals surface area contributed by atoms with Crippen molar-refractivity contribution in [2.45, 2.75) is 18.9 Å². The minimum atomic E-state index is -0.142. The van der Waals surface area contributed by atoms with Gasteiger partial charge in [-0.25, -0.2) is 9.78 Å². The molecule has 1 aliphatic heterocycles. The Morgan fingerprint density at radius 2 is 1.92 bits per heavy atom. The first-order valence-corrected chi connectivity index (χ1v) is 8.42. The van der Waals surface area contributed by atoms with Gasteiger partial charge in [0.25, 0.3) is 0 Å². The van der Waals surface area contributed by atoms with Gasteiger partial charge in [-0.1, -0.05) is 12.1 Å². The second-order valence-electron chi connectivity index (χ2n) is 5.82. The van der Waals surface area contributed by atoms with Crippen molar-refractivity contribution >= 4 is 11.7 Å². The van der Waals surface area contributed by atoms with E-state index >= 15 is 0 Å². The van der Waals surface area contributed by atoms with Crippen molar-refractivity contribution in [2.24, 2.45) is 0 Å². The summed E-state index contributed by atoms with van der Waals surface area (Å²) in [6.07, 6.45) is 3.05. The van der Waals surface area contributed by atoms with Crippen LogP contribution in [-0.4, -0.2) is 54.3 Å². The number of para-hydroxylation sites is 2. The van der Waals surface area contributed by atoms with Crippen LogP contribution >= 0.6 is 0 Å². The Morgan fingerprint density at radius 1 is 1.15 bits per heavy atom. The molecule has 0 spiro atoms. The SMILES string of the molecule is COc1nccc(OC2CCN(C(=O)Nc3ccccc3OC)CC2)n1. The predicted molar refractivity (Wildman–Crippen MR) is 95.8 cm³/mol. The molecule has 8 nitrogen and oxygen atoms in total. The van der Waals surface area contributed by atoms with Crippen LogP contribution in [0.25, 0.3) is 0 Å². The van der Waals surface area contributed by atoms with Gasteiger partial charge in [0.05, 0.1) is 19.9 Å². The van der Waals surface area contributed by atoms with E-state index in [-0.39, 0.29) is 18.1 Å². The molecule has 2 aromatic rings. The number of piperidine rings is 1. The van der Waals surface area contributed by atoms with Gasteiger partial charge in [0.2, 0.25) is 5.88 Å². The average Bonchev–Trinajstić information content (AvgIpc) is 2.69. The molecule has 26 heavy (non-hydrogen) atoms. The molecule has 1 N–H and O–H groups in total. The van der Waals surface area contributed by atoms with Gasteiger partial charge in [0.1, 0.15) is 11.9 Å².